The number of hydrogen-bond acceptors (Lipinski definition) is 6. The average molecular weight is 412 g/mol. The molecule has 6 nitrogen and oxygen atoms in total. The van der Waals surface area contributed by atoms with E-state index in [1.54, 1.807) is 61.5 Å². The molecule has 0 saturated carbocycles. The van der Waals surface area contributed by atoms with Gasteiger partial charge in [-0.15, -0.1) is 10.2 Å². The average Bonchev–Trinajstić information content (AvgIpc) is 3.23. The van der Waals surface area contributed by atoms with E-state index in [9.17, 15) is 14.7 Å². The molecule has 4 rings (SSSR count). The van der Waals surface area contributed by atoms with Gasteiger partial charge >= 0.3 is 5.91 Å². The fourth-order valence-electron chi connectivity index (χ4n) is 3.16. The fraction of sp³-hybridized carbons (Fsp3) is 0.100. The van der Waals surface area contributed by atoms with Gasteiger partial charge in [0, 0.05) is 10.6 Å². The number of carbonyl (C=O) groups is 2. The van der Waals surface area contributed by atoms with Crippen molar-refractivity contribution in [3.8, 4) is 0 Å². The molecule has 2 heterocycles. The Balaban J connectivity index is 1.96. The van der Waals surface area contributed by atoms with E-state index in [4.69, 9.17) is 11.6 Å². The number of hydrogen-bond donors (Lipinski definition) is 1. The third-order valence-corrected chi connectivity index (χ3v) is 5.45. The zero-order chi connectivity index (χ0) is 19.8. The Morgan fingerprint density at radius 3 is 2.50 bits per heavy atom. The molecule has 1 saturated heterocycles. The standard InChI is InChI=1S/C20H14ClN3O3S/c1-11-22-23-20(28-11)24-16(13-8-5-9-14(21)10-13)15(18(26)19(24)27)17(25)12-6-3-2-4-7-12/h2-10,16,25H,1H3. The molecule has 1 unspecified atom stereocenters. The van der Waals surface area contributed by atoms with E-state index in [2.05, 4.69) is 10.2 Å². The molecule has 1 N–H and O–H groups in total. The quantitative estimate of drug-likeness (QED) is 0.398. The van der Waals surface area contributed by atoms with Crippen LogP contribution in [0.2, 0.25) is 5.02 Å². The van der Waals surface area contributed by atoms with Gasteiger partial charge in [0.25, 0.3) is 5.78 Å². The van der Waals surface area contributed by atoms with Gasteiger partial charge in [-0.1, -0.05) is 65.4 Å². The topological polar surface area (TPSA) is 83.4 Å². The molecule has 140 valence electrons. The van der Waals surface area contributed by atoms with Crippen LogP contribution in [-0.2, 0) is 9.59 Å². The van der Waals surface area contributed by atoms with Crippen LogP contribution in [0.5, 0.6) is 0 Å². The zero-order valence-corrected chi connectivity index (χ0v) is 16.2. The van der Waals surface area contributed by atoms with Gasteiger partial charge in [0.05, 0.1) is 11.6 Å². The molecule has 0 radical (unpaired) electrons. The first-order valence-electron chi connectivity index (χ1n) is 8.39. The van der Waals surface area contributed by atoms with Gasteiger partial charge in [-0.2, -0.15) is 0 Å². The second kappa shape index (κ2) is 7.18. The van der Waals surface area contributed by atoms with Gasteiger partial charge in [-0.05, 0) is 24.6 Å². The molecule has 1 fully saturated rings. The lowest BCUT2D eigenvalue weighted by Gasteiger charge is -2.22. The minimum Gasteiger partial charge on any atom is -0.507 e. The molecule has 0 aliphatic carbocycles. The van der Waals surface area contributed by atoms with E-state index in [0.717, 1.165) is 0 Å². The number of benzene rings is 2. The third-order valence-electron chi connectivity index (χ3n) is 4.38. The summed E-state index contributed by atoms with van der Waals surface area (Å²) in [6.45, 7) is 1.76. The van der Waals surface area contributed by atoms with Crippen molar-refractivity contribution in [2.45, 2.75) is 13.0 Å². The maximum Gasteiger partial charge on any atom is 0.301 e. The number of amides is 1. The molecule has 1 aliphatic rings. The van der Waals surface area contributed by atoms with Crippen molar-refractivity contribution in [3.63, 3.8) is 0 Å². The Morgan fingerprint density at radius 1 is 1.11 bits per heavy atom. The van der Waals surface area contributed by atoms with Crippen LogP contribution in [0.4, 0.5) is 5.13 Å². The highest BCUT2D eigenvalue weighted by Gasteiger charge is 2.48. The largest absolute Gasteiger partial charge is 0.507 e. The Kier molecular flexibility index (Phi) is 4.70. The highest BCUT2D eigenvalue weighted by Crippen LogP contribution is 2.43. The van der Waals surface area contributed by atoms with Crippen molar-refractivity contribution in [1.82, 2.24) is 10.2 Å². The van der Waals surface area contributed by atoms with Crippen LogP contribution >= 0.6 is 22.9 Å². The van der Waals surface area contributed by atoms with Crippen LogP contribution in [0.25, 0.3) is 5.76 Å². The number of rotatable bonds is 3. The van der Waals surface area contributed by atoms with Crippen molar-refractivity contribution in [3.05, 3.63) is 81.3 Å². The van der Waals surface area contributed by atoms with E-state index in [1.165, 1.54) is 16.2 Å². The molecule has 1 amide bonds. The summed E-state index contributed by atoms with van der Waals surface area (Å²) in [6.07, 6.45) is 0. The third kappa shape index (κ3) is 3.08. The number of Topliss-reactive ketones (excluding diaryl/α,β-unsaturated/α-hetero) is 1. The number of nitrogens with zero attached hydrogens (tertiary/aromatic N) is 3. The van der Waals surface area contributed by atoms with Gasteiger partial charge < -0.3 is 5.11 Å². The summed E-state index contributed by atoms with van der Waals surface area (Å²) in [5, 5.41) is 20.3. The van der Waals surface area contributed by atoms with Crippen molar-refractivity contribution in [2.24, 2.45) is 0 Å². The Hall–Kier alpha value is -3.03. The first-order chi connectivity index (χ1) is 13.5. The molecule has 3 aromatic rings. The van der Waals surface area contributed by atoms with Gasteiger partial charge in [-0.25, -0.2) is 0 Å². The number of ketones is 1. The van der Waals surface area contributed by atoms with E-state index < -0.39 is 17.7 Å². The molecule has 1 aliphatic heterocycles. The highest BCUT2D eigenvalue weighted by molar-refractivity contribution is 7.15. The predicted octanol–water partition coefficient (Wildman–Crippen LogP) is 4.13. The lowest BCUT2D eigenvalue weighted by atomic mass is 9.95. The first kappa shape index (κ1) is 18.3. The Labute approximate surface area is 169 Å². The van der Waals surface area contributed by atoms with Gasteiger partial charge in [0.15, 0.2) is 0 Å². The van der Waals surface area contributed by atoms with E-state index >= 15 is 0 Å². The summed E-state index contributed by atoms with van der Waals surface area (Å²) in [5.74, 6) is -1.79. The molecule has 0 bridgehead atoms. The molecule has 2 aromatic carbocycles. The Morgan fingerprint density at radius 2 is 1.86 bits per heavy atom. The smallest absolute Gasteiger partial charge is 0.301 e. The lowest BCUT2D eigenvalue weighted by molar-refractivity contribution is -0.132. The minimum absolute atomic E-state index is 0.00804. The molecular weight excluding hydrogens is 398 g/mol. The normalized spacial score (nSPS) is 18.6. The van der Waals surface area contributed by atoms with Crippen molar-refractivity contribution >= 4 is 45.5 Å². The second-order valence-corrected chi connectivity index (χ2v) is 7.79. The predicted molar refractivity (Wildman–Crippen MR) is 107 cm³/mol. The number of carbonyl (C=O) groups excluding carboxylic acids is 2. The maximum atomic E-state index is 12.9. The van der Waals surface area contributed by atoms with Crippen molar-refractivity contribution < 1.29 is 14.7 Å². The number of anilines is 1. The summed E-state index contributed by atoms with van der Waals surface area (Å²) in [4.78, 5) is 27.0. The van der Waals surface area contributed by atoms with Gasteiger partial charge in [0.2, 0.25) is 5.13 Å². The maximum absolute atomic E-state index is 12.9. The van der Waals surface area contributed by atoms with Crippen LogP contribution < -0.4 is 4.90 Å². The van der Waals surface area contributed by atoms with Crippen molar-refractivity contribution in [1.29, 1.82) is 0 Å². The van der Waals surface area contributed by atoms with Crippen LogP contribution in [-0.4, -0.2) is 27.0 Å². The summed E-state index contributed by atoms with van der Waals surface area (Å²) < 4.78 is 0. The summed E-state index contributed by atoms with van der Waals surface area (Å²) >= 11 is 7.34. The van der Waals surface area contributed by atoms with Crippen LogP contribution in [0.15, 0.2) is 60.2 Å². The van der Waals surface area contributed by atoms with Crippen molar-refractivity contribution in [2.75, 3.05) is 4.90 Å². The van der Waals surface area contributed by atoms with Crippen LogP contribution in [0, 0.1) is 6.92 Å². The number of halogens is 1. The summed E-state index contributed by atoms with van der Waals surface area (Å²) in [6, 6.07) is 14.6. The summed E-state index contributed by atoms with van der Waals surface area (Å²) in [7, 11) is 0. The second-order valence-electron chi connectivity index (χ2n) is 6.19. The monoisotopic (exact) mass is 411 g/mol. The van der Waals surface area contributed by atoms with Crippen LogP contribution in [0.3, 0.4) is 0 Å². The molecule has 1 aromatic heterocycles. The van der Waals surface area contributed by atoms with E-state index in [0.29, 0.717) is 21.2 Å². The number of aliphatic hydroxyl groups is 1. The number of aliphatic hydroxyl groups excluding tert-OH is 1. The lowest BCUT2D eigenvalue weighted by Crippen LogP contribution is -2.29. The molecule has 1 atom stereocenters. The fourth-order valence-corrected chi connectivity index (χ4v) is 4.07. The molecular formula is C20H14ClN3O3S. The van der Waals surface area contributed by atoms with Crippen LogP contribution in [0.1, 0.15) is 22.2 Å². The number of aromatic nitrogens is 2. The molecule has 0 spiro atoms. The van der Waals surface area contributed by atoms with Gasteiger partial charge in [0.1, 0.15) is 10.8 Å². The number of aryl methyl sites for hydroxylation is 1. The van der Waals surface area contributed by atoms with E-state index in [-0.39, 0.29) is 16.5 Å². The van der Waals surface area contributed by atoms with E-state index in [1.807, 2.05) is 0 Å². The minimum atomic E-state index is -0.855. The molecule has 28 heavy (non-hydrogen) atoms. The van der Waals surface area contributed by atoms with Gasteiger partial charge in [-0.3, -0.25) is 14.5 Å². The Bertz CT molecular complexity index is 1110. The zero-order valence-electron chi connectivity index (χ0n) is 14.7. The summed E-state index contributed by atoms with van der Waals surface area (Å²) in [5.41, 5.74) is 1.03. The highest BCUT2D eigenvalue weighted by atomic mass is 35.5. The first-order valence-corrected chi connectivity index (χ1v) is 9.59. The SMILES string of the molecule is Cc1nnc(N2C(=O)C(=O)C(=C(O)c3ccccc3)C2c2cccc(Cl)c2)s1. The molecule has 8 heteroatoms.